The van der Waals surface area contributed by atoms with E-state index in [9.17, 15) is 4.79 Å². The molecule has 5 heteroatoms. The van der Waals surface area contributed by atoms with E-state index >= 15 is 0 Å². The van der Waals surface area contributed by atoms with Crippen LogP contribution in [0.2, 0.25) is 0 Å². The lowest BCUT2D eigenvalue weighted by atomic mass is 10.5. The van der Waals surface area contributed by atoms with Gasteiger partial charge in [0, 0.05) is 6.04 Å². The highest BCUT2D eigenvalue weighted by atomic mass is 16.4. The first kappa shape index (κ1) is 7.15. The van der Waals surface area contributed by atoms with Crippen LogP contribution in [0.1, 0.15) is 23.4 Å². The molecule has 1 heterocycles. The zero-order chi connectivity index (χ0) is 8.55. The largest absolute Gasteiger partial charge is 0.475 e. The van der Waals surface area contributed by atoms with Gasteiger partial charge in [-0.15, -0.1) is 0 Å². The van der Waals surface area contributed by atoms with Crippen LogP contribution in [0.4, 0.5) is 6.01 Å². The predicted molar refractivity (Wildman–Crippen MR) is 40.1 cm³/mol. The molecular formula is C7H8N2O3. The summed E-state index contributed by atoms with van der Waals surface area (Å²) in [7, 11) is 0. The van der Waals surface area contributed by atoms with Crippen molar-refractivity contribution in [3.8, 4) is 0 Å². The first-order valence-electron chi connectivity index (χ1n) is 3.71. The first-order chi connectivity index (χ1) is 5.75. The Bertz CT molecular complexity index is 303. The molecule has 0 saturated heterocycles. The summed E-state index contributed by atoms with van der Waals surface area (Å²) in [6.07, 6.45) is 3.41. The molecule has 5 nitrogen and oxygen atoms in total. The fraction of sp³-hybridized carbons (Fsp3) is 0.429. The van der Waals surface area contributed by atoms with Crippen LogP contribution in [-0.2, 0) is 0 Å². The Morgan fingerprint density at radius 3 is 3.00 bits per heavy atom. The summed E-state index contributed by atoms with van der Waals surface area (Å²) in [5.74, 6) is -1.22. The highest BCUT2D eigenvalue weighted by Crippen LogP contribution is 2.24. The number of carbonyl (C=O) groups is 1. The fourth-order valence-corrected chi connectivity index (χ4v) is 0.842. The second kappa shape index (κ2) is 2.51. The number of rotatable bonds is 3. The quantitative estimate of drug-likeness (QED) is 0.702. The Labute approximate surface area is 68.4 Å². The van der Waals surface area contributed by atoms with Gasteiger partial charge in [-0.25, -0.2) is 9.78 Å². The van der Waals surface area contributed by atoms with Crippen molar-refractivity contribution in [2.75, 3.05) is 5.32 Å². The Kier molecular flexibility index (Phi) is 1.49. The van der Waals surface area contributed by atoms with Crippen LogP contribution in [0.3, 0.4) is 0 Å². The molecule has 2 N–H and O–H groups in total. The van der Waals surface area contributed by atoms with Gasteiger partial charge in [-0.2, -0.15) is 0 Å². The average Bonchev–Trinajstić information content (AvgIpc) is 2.66. The van der Waals surface area contributed by atoms with Gasteiger partial charge in [0.1, 0.15) is 0 Å². The lowest BCUT2D eigenvalue weighted by Gasteiger charge is -1.94. The fourth-order valence-electron chi connectivity index (χ4n) is 0.842. The summed E-state index contributed by atoms with van der Waals surface area (Å²) >= 11 is 0. The number of nitrogens with one attached hydrogen (secondary N) is 1. The summed E-state index contributed by atoms with van der Waals surface area (Å²) in [5, 5.41) is 11.4. The van der Waals surface area contributed by atoms with E-state index in [0.717, 1.165) is 12.8 Å². The standard InChI is InChI=1S/C7H8N2O3/c10-6(11)5-3-8-7(12-5)9-4-1-2-4/h3-4H,1-2H2,(H,8,9)(H,10,11). The van der Waals surface area contributed by atoms with Crippen molar-refractivity contribution in [1.29, 1.82) is 0 Å². The molecule has 64 valence electrons. The van der Waals surface area contributed by atoms with Gasteiger partial charge in [-0.3, -0.25) is 0 Å². The second-order valence-electron chi connectivity index (χ2n) is 2.75. The molecular weight excluding hydrogens is 160 g/mol. The number of aromatic nitrogens is 1. The third-order valence-electron chi connectivity index (χ3n) is 1.62. The topological polar surface area (TPSA) is 75.4 Å². The Balaban J connectivity index is 2.06. The van der Waals surface area contributed by atoms with Gasteiger partial charge in [0.05, 0.1) is 6.20 Å². The van der Waals surface area contributed by atoms with Crippen LogP contribution in [0.25, 0.3) is 0 Å². The first-order valence-corrected chi connectivity index (χ1v) is 3.71. The van der Waals surface area contributed by atoms with Crippen molar-refractivity contribution < 1.29 is 14.3 Å². The number of hydrogen-bond acceptors (Lipinski definition) is 4. The van der Waals surface area contributed by atoms with Crippen LogP contribution >= 0.6 is 0 Å². The molecule has 2 rings (SSSR count). The van der Waals surface area contributed by atoms with Gasteiger partial charge in [0.25, 0.3) is 6.01 Å². The molecule has 1 aliphatic rings. The molecule has 0 unspecified atom stereocenters. The monoisotopic (exact) mass is 168 g/mol. The van der Waals surface area contributed by atoms with Gasteiger partial charge >= 0.3 is 5.97 Å². The van der Waals surface area contributed by atoms with Crippen molar-refractivity contribution in [3.05, 3.63) is 12.0 Å². The van der Waals surface area contributed by atoms with Gasteiger partial charge in [-0.1, -0.05) is 0 Å². The molecule has 1 aromatic rings. The average molecular weight is 168 g/mol. The van der Waals surface area contributed by atoms with Crippen LogP contribution < -0.4 is 5.32 Å². The van der Waals surface area contributed by atoms with Crippen LogP contribution in [0, 0.1) is 0 Å². The minimum atomic E-state index is -1.09. The number of oxazole rings is 1. The van der Waals surface area contributed by atoms with E-state index in [0.29, 0.717) is 12.1 Å². The van der Waals surface area contributed by atoms with E-state index in [1.807, 2.05) is 0 Å². The molecule has 1 aromatic heterocycles. The van der Waals surface area contributed by atoms with E-state index in [2.05, 4.69) is 10.3 Å². The maximum atomic E-state index is 10.4. The Hall–Kier alpha value is -1.52. The van der Waals surface area contributed by atoms with Crippen LogP contribution in [0.5, 0.6) is 0 Å². The minimum Gasteiger partial charge on any atom is -0.475 e. The highest BCUT2D eigenvalue weighted by molar-refractivity contribution is 5.84. The van der Waals surface area contributed by atoms with Crippen molar-refractivity contribution in [1.82, 2.24) is 4.98 Å². The lowest BCUT2D eigenvalue weighted by Crippen LogP contribution is -2.00. The van der Waals surface area contributed by atoms with E-state index < -0.39 is 5.97 Å². The molecule has 0 aromatic carbocycles. The molecule has 0 atom stereocenters. The third-order valence-corrected chi connectivity index (χ3v) is 1.62. The van der Waals surface area contributed by atoms with E-state index in [1.54, 1.807) is 0 Å². The number of anilines is 1. The number of aromatic carboxylic acids is 1. The second-order valence-corrected chi connectivity index (χ2v) is 2.75. The number of hydrogen-bond donors (Lipinski definition) is 2. The summed E-state index contributed by atoms with van der Waals surface area (Å²) < 4.78 is 4.87. The smallest absolute Gasteiger partial charge is 0.373 e. The number of carboxylic acid groups (broad SMARTS) is 1. The zero-order valence-electron chi connectivity index (χ0n) is 6.28. The third kappa shape index (κ3) is 1.39. The molecule has 12 heavy (non-hydrogen) atoms. The van der Waals surface area contributed by atoms with Crippen LogP contribution in [0.15, 0.2) is 10.6 Å². The van der Waals surface area contributed by atoms with E-state index in [-0.39, 0.29) is 5.76 Å². The van der Waals surface area contributed by atoms with E-state index in [1.165, 1.54) is 6.20 Å². The maximum absolute atomic E-state index is 10.4. The Morgan fingerprint density at radius 1 is 1.75 bits per heavy atom. The molecule has 1 fully saturated rings. The van der Waals surface area contributed by atoms with Crippen molar-refractivity contribution in [2.45, 2.75) is 18.9 Å². The minimum absolute atomic E-state index is 0.127. The Morgan fingerprint density at radius 2 is 2.50 bits per heavy atom. The molecule has 1 aliphatic carbocycles. The molecule has 0 radical (unpaired) electrons. The molecule has 0 aliphatic heterocycles. The molecule has 0 spiro atoms. The van der Waals surface area contributed by atoms with Gasteiger partial charge in [0.2, 0.25) is 5.76 Å². The lowest BCUT2D eigenvalue weighted by molar-refractivity contribution is 0.0663. The molecule has 1 saturated carbocycles. The summed E-state index contributed by atoms with van der Waals surface area (Å²) in [6, 6.07) is 0.722. The molecule has 0 bridgehead atoms. The van der Waals surface area contributed by atoms with Crippen molar-refractivity contribution >= 4 is 12.0 Å². The zero-order valence-corrected chi connectivity index (χ0v) is 6.28. The number of carboxylic acids is 1. The van der Waals surface area contributed by atoms with Crippen molar-refractivity contribution in [2.24, 2.45) is 0 Å². The summed E-state index contributed by atoms with van der Waals surface area (Å²) in [5.41, 5.74) is 0. The van der Waals surface area contributed by atoms with Gasteiger partial charge < -0.3 is 14.8 Å². The van der Waals surface area contributed by atoms with Gasteiger partial charge in [0.15, 0.2) is 0 Å². The molecule has 0 amide bonds. The number of nitrogens with zero attached hydrogens (tertiary/aromatic N) is 1. The predicted octanol–water partition coefficient (Wildman–Crippen LogP) is 0.947. The summed E-state index contributed by atoms with van der Waals surface area (Å²) in [4.78, 5) is 14.1. The van der Waals surface area contributed by atoms with Crippen molar-refractivity contribution in [3.63, 3.8) is 0 Å². The SMILES string of the molecule is O=C(O)c1cnc(NC2CC2)o1. The highest BCUT2D eigenvalue weighted by Gasteiger charge is 2.23. The maximum Gasteiger partial charge on any atom is 0.373 e. The van der Waals surface area contributed by atoms with Gasteiger partial charge in [-0.05, 0) is 12.8 Å². The summed E-state index contributed by atoms with van der Waals surface area (Å²) in [6.45, 7) is 0. The van der Waals surface area contributed by atoms with Crippen LogP contribution in [-0.4, -0.2) is 22.1 Å². The normalized spacial score (nSPS) is 16.0. The van der Waals surface area contributed by atoms with E-state index in [4.69, 9.17) is 9.52 Å².